The van der Waals surface area contributed by atoms with Crippen LogP contribution in [0.4, 0.5) is 0 Å². The predicted molar refractivity (Wildman–Crippen MR) is 115 cm³/mol. The lowest BCUT2D eigenvalue weighted by Crippen LogP contribution is -2.25. The number of fused-ring (bicyclic) bond motifs is 2. The van der Waals surface area contributed by atoms with Crippen molar-refractivity contribution in [3.05, 3.63) is 83.2 Å². The predicted octanol–water partition coefficient (Wildman–Crippen LogP) is 5.67. The Morgan fingerprint density at radius 2 is 1.86 bits per heavy atom. The van der Waals surface area contributed by atoms with Crippen molar-refractivity contribution in [1.29, 1.82) is 0 Å². The van der Waals surface area contributed by atoms with E-state index in [1.807, 2.05) is 12.1 Å². The molecule has 3 aromatic carbocycles. The third kappa shape index (κ3) is 3.37. The van der Waals surface area contributed by atoms with Gasteiger partial charge in [0.1, 0.15) is 6.61 Å². The third-order valence-electron chi connectivity index (χ3n) is 5.22. The molecule has 0 bridgehead atoms. The van der Waals surface area contributed by atoms with E-state index in [4.69, 9.17) is 4.74 Å². The van der Waals surface area contributed by atoms with Gasteiger partial charge in [0.05, 0.1) is 0 Å². The van der Waals surface area contributed by atoms with Gasteiger partial charge in [0.15, 0.2) is 11.5 Å². The minimum Gasteiger partial charge on any atom is -0.504 e. The van der Waals surface area contributed by atoms with Gasteiger partial charge >= 0.3 is 0 Å². The molecule has 140 valence electrons. The van der Waals surface area contributed by atoms with Crippen LogP contribution in [-0.4, -0.2) is 23.2 Å². The van der Waals surface area contributed by atoms with E-state index in [1.165, 1.54) is 16.3 Å². The molecule has 1 aliphatic heterocycles. The first kappa shape index (κ1) is 17.3. The maximum absolute atomic E-state index is 10.5. The SMILES string of the molecule is Oc1cc(-c2cccs2)cc2c1OCCN(Cc1ccc3ccccc3c1)C2. The van der Waals surface area contributed by atoms with Crippen molar-refractivity contribution >= 4 is 22.1 Å². The van der Waals surface area contributed by atoms with Crippen LogP contribution in [-0.2, 0) is 13.1 Å². The van der Waals surface area contributed by atoms with Gasteiger partial charge in [0, 0.05) is 30.1 Å². The summed E-state index contributed by atoms with van der Waals surface area (Å²) in [5.74, 6) is 0.856. The van der Waals surface area contributed by atoms with Gasteiger partial charge in [-0.3, -0.25) is 4.90 Å². The number of ether oxygens (including phenoxy) is 1. The number of phenolic OH excluding ortho intramolecular Hbond substituents is 1. The van der Waals surface area contributed by atoms with Gasteiger partial charge in [-0.15, -0.1) is 11.3 Å². The number of hydrogen-bond donors (Lipinski definition) is 1. The number of thiophene rings is 1. The number of nitrogens with zero attached hydrogens (tertiary/aromatic N) is 1. The van der Waals surface area contributed by atoms with E-state index in [0.29, 0.717) is 12.4 Å². The van der Waals surface area contributed by atoms with Crippen molar-refractivity contribution in [2.24, 2.45) is 0 Å². The summed E-state index contributed by atoms with van der Waals surface area (Å²) >= 11 is 1.68. The van der Waals surface area contributed by atoms with Crippen LogP contribution in [0.2, 0.25) is 0 Å². The van der Waals surface area contributed by atoms with Gasteiger partial charge in [-0.05, 0) is 51.5 Å². The molecule has 0 saturated carbocycles. The first-order chi connectivity index (χ1) is 13.8. The molecule has 0 amide bonds. The average Bonchev–Trinajstić information content (AvgIpc) is 3.17. The molecule has 0 saturated heterocycles. The Morgan fingerprint density at radius 1 is 0.964 bits per heavy atom. The summed E-state index contributed by atoms with van der Waals surface area (Å²) in [4.78, 5) is 3.54. The fraction of sp³-hybridized carbons (Fsp3) is 0.167. The molecule has 5 rings (SSSR count). The Hall–Kier alpha value is -2.82. The normalized spacial score (nSPS) is 14.4. The fourth-order valence-corrected chi connectivity index (χ4v) is 4.58. The Kier molecular flexibility index (Phi) is 4.51. The molecule has 1 aliphatic rings. The Labute approximate surface area is 168 Å². The quantitative estimate of drug-likeness (QED) is 0.492. The largest absolute Gasteiger partial charge is 0.504 e. The summed E-state index contributed by atoms with van der Waals surface area (Å²) in [6.45, 7) is 3.02. The van der Waals surface area contributed by atoms with Crippen LogP contribution < -0.4 is 4.74 Å². The Bertz CT molecular complexity index is 1120. The summed E-state index contributed by atoms with van der Waals surface area (Å²) < 4.78 is 5.90. The maximum atomic E-state index is 10.5. The minimum absolute atomic E-state index is 0.230. The van der Waals surface area contributed by atoms with Gasteiger partial charge in [-0.2, -0.15) is 0 Å². The van der Waals surface area contributed by atoms with Gasteiger partial charge in [-0.1, -0.05) is 42.5 Å². The number of aromatic hydroxyl groups is 1. The van der Waals surface area contributed by atoms with Crippen LogP contribution in [0.15, 0.2) is 72.1 Å². The summed E-state index contributed by atoms with van der Waals surface area (Å²) in [6, 6.07) is 23.2. The van der Waals surface area contributed by atoms with Crippen LogP contribution >= 0.6 is 11.3 Å². The van der Waals surface area contributed by atoms with Crippen molar-refractivity contribution in [2.75, 3.05) is 13.2 Å². The first-order valence-corrected chi connectivity index (χ1v) is 10.4. The van der Waals surface area contributed by atoms with Crippen molar-refractivity contribution in [3.63, 3.8) is 0 Å². The van der Waals surface area contributed by atoms with Crippen LogP contribution in [0.25, 0.3) is 21.2 Å². The van der Waals surface area contributed by atoms with E-state index >= 15 is 0 Å². The van der Waals surface area contributed by atoms with Crippen LogP contribution in [0.3, 0.4) is 0 Å². The molecule has 0 fully saturated rings. The highest BCUT2D eigenvalue weighted by Crippen LogP contribution is 2.39. The highest BCUT2D eigenvalue weighted by atomic mass is 32.1. The van der Waals surface area contributed by atoms with E-state index in [0.717, 1.165) is 35.6 Å². The molecule has 4 heteroatoms. The Morgan fingerprint density at radius 3 is 2.71 bits per heavy atom. The number of hydrogen-bond acceptors (Lipinski definition) is 4. The molecule has 0 spiro atoms. The van der Waals surface area contributed by atoms with E-state index in [9.17, 15) is 5.11 Å². The lowest BCUT2D eigenvalue weighted by Gasteiger charge is -2.20. The van der Waals surface area contributed by atoms with Crippen molar-refractivity contribution in [1.82, 2.24) is 4.90 Å². The van der Waals surface area contributed by atoms with E-state index in [2.05, 4.69) is 64.9 Å². The molecule has 0 aliphatic carbocycles. The van der Waals surface area contributed by atoms with Crippen LogP contribution in [0.5, 0.6) is 11.5 Å². The Balaban J connectivity index is 1.43. The number of phenols is 1. The zero-order valence-electron chi connectivity index (χ0n) is 15.5. The van der Waals surface area contributed by atoms with Crippen molar-refractivity contribution in [3.8, 4) is 21.9 Å². The van der Waals surface area contributed by atoms with Crippen LogP contribution in [0, 0.1) is 0 Å². The molecule has 3 nitrogen and oxygen atoms in total. The highest BCUT2D eigenvalue weighted by molar-refractivity contribution is 7.13. The summed E-state index contributed by atoms with van der Waals surface area (Å²) in [6.07, 6.45) is 0. The smallest absolute Gasteiger partial charge is 0.165 e. The van der Waals surface area contributed by atoms with E-state index in [1.54, 1.807) is 11.3 Å². The van der Waals surface area contributed by atoms with Gasteiger partial charge < -0.3 is 9.84 Å². The molecule has 0 radical (unpaired) electrons. The monoisotopic (exact) mass is 387 g/mol. The lowest BCUT2D eigenvalue weighted by atomic mass is 10.1. The fourth-order valence-electron chi connectivity index (χ4n) is 3.87. The molecule has 2 heterocycles. The molecular weight excluding hydrogens is 366 g/mol. The van der Waals surface area contributed by atoms with Crippen molar-refractivity contribution < 1.29 is 9.84 Å². The first-order valence-electron chi connectivity index (χ1n) is 9.49. The molecule has 1 aromatic heterocycles. The topological polar surface area (TPSA) is 32.7 Å². The summed E-state index contributed by atoms with van der Waals surface area (Å²) in [5.41, 5.74) is 3.38. The molecule has 0 unspecified atom stereocenters. The number of rotatable bonds is 3. The molecule has 4 aromatic rings. The molecular formula is C24H21NO2S. The zero-order chi connectivity index (χ0) is 18.9. The third-order valence-corrected chi connectivity index (χ3v) is 6.14. The highest BCUT2D eigenvalue weighted by Gasteiger charge is 2.20. The maximum Gasteiger partial charge on any atom is 0.165 e. The van der Waals surface area contributed by atoms with Gasteiger partial charge in [0.25, 0.3) is 0 Å². The van der Waals surface area contributed by atoms with E-state index in [-0.39, 0.29) is 5.75 Å². The second-order valence-corrected chi connectivity index (χ2v) is 8.15. The van der Waals surface area contributed by atoms with Crippen LogP contribution in [0.1, 0.15) is 11.1 Å². The minimum atomic E-state index is 0.230. The van der Waals surface area contributed by atoms with E-state index < -0.39 is 0 Å². The standard InChI is InChI=1S/C24H21NO2S/c26-22-14-20(23-6-3-11-28-23)13-21-16-25(9-10-27-24(21)22)15-17-7-8-18-4-1-2-5-19(18)12-17/h1-8,11-14,26H,9-10,15-16H2. The average molecular weight is 388 g/mol. The zero-order valence-corrected chi connectivity index (χ0v) is 16.3. The molecule has 1 N–H and O–H groups in total. The second kappa shape index (κ2) is 7.30. The summed E-state index contributed by atoms with van der Waals surface area (Å²) in [5, 5.41) is 15.1. The summed E-state index contributed by atoms with van der Waals surface area (Å²) in [7, 11) is 0. The van der Waals surface area contributed by atoms with Gasteiger partial charge in [-0.25, -0.2) is 0 Å². The molecule has 28 heavy (non-hydrogen) atoms. The number of benzene rings is 3. The van der Waals surface area contributed by atoms with Gasteiger partial charge in [0.2, 0.25) is 0 Å². The lowest BCUT2D eigenvalue weighted by molar-refractivity contribution is 0.217. The second-order valence-electron chi connectivity index (χ2n) is 7.20. The van der Waals surface area contributed by atoms with Crippen molar-refractivity contribution in [2.45, 2.75) is 13.1 Å². The molecule has 0 atom stereocenters.